The van der Waals surface area contributed by atoms with E-state index in [9.17, 15) is 0 Å². The van der Waals surface area contributed by atoms with Crippen molar-refractivity contribution in [2.75, 3.05) is 13.1 Å². The van der Waals surface area contributed by atoms with Crippen LogP contribution < -0.4 is 0 Å². The summed E-state index contributed by atoms with van der Waals surface area (Å²) in [6.07, 6.45) is 7.34. The topological polar surface area (TPSA) is 3.24 Å². The van der Waals surface area contributed by atoms with Crippen molar-refractivity contribution in [3.8, 4) is 0 Å². The van der Waals surface area contributed by atoms with Gasteiger partial charge in [0, 0.05) is 19.1 Å². The van der Waals surface area contributed by atoms with Gasteiger partial charge in [-0.2, -0.15) is 0 Å². The summed E-state index contributed by atoms with van der Waals surface area (Å²) in [7, 11) is 0. The minimum atomic E-state index is 0.692. The molecular weight excluding hydrogens is 146 g/mol. The van der Waals surface area contributed by atoms with Gasteiger partial charge in [0.05, 0.1) is 0 Å². The van der Waals surface area contributed by atoms with Gasteiger partial charge in [-0.1, -0.05) is 12.2 Å². The van der Waals surface area contributed by atoms with Crippen molar-refractivity contribution >= 4 is 0 Å². The SMILES string of the molecule is CC(C)N1CC2=CCCC=C2C1. The molecule has 1 nitrogen and oxygen atoms in total. The normalized spacial score (nSPS) is 23.9. The summed E-state index contributed by atoms with van der Waals surface area (Å²) >= 11 is 0. The Morgan fingerprint density at radius 3 is 2.00 bits per heavy atom. The molecule has 0 aromatic carbocycles. The third kappa shape index (κ3) is 1.34. The van der Waals surface area contributed by atoms with E-state index in [0.29, 0.717) is 6.04 Å². The van der Waals surface area contributed by atoms with Gasteiger partial charge in [0.2, 0.25) is 0 Å². The van der Waals surface area contributed by atoms with Crippen molar-refractivity contribution in [3.63, 3.8) is 0 Å². The molecule has 66 valence electrons. The number of fused-ring (bicyclic) bond motifs is 1. The molecular formula is C11H17N. The van der Waals surface area contributed by atoms with Crippen molar-refractivity contribution in [2.45, 2.75) is 32.7 Å². The van der Waals surface area contributed by atoms with Gasteiger partial charge < -0.3 is 0 Å². The first-order chi connectivity index (χ1) is 5.77. The predicted octanol–water partition coefficient (Wildman–Crippen LogP) is 2.36. The standard InChI is InChI=1S/C11H17N/c1-9(2)12-7-10-5-3-4-6-11(10)8-12/h5-6,9H,3-4,7-8H2,1-2H3. The summed E-state index contributed by atoms with van der Waals surface area (Å²) < 4.78 is 0. The second kappa shape index (κ2) is 3.06. The molecule has 0 atom stereocenters. The van der Waals surface area contributed by atoms with Crippen LogP contribution in [-0.4, -0.2) is 24.0 Å². The molecule has 0 radical (unpaired) electrons. The molecule has 1 aliphatic carbocycles. The molecule has 1 heterocycles. The molecule has 1 aliphatic heterocycles. The molecule has 0 unspecified atom stereocenters. The first-order valence-corrected chi connectivity index (χ1v) is 4.90. The number of nitrogens with zero attached hydrogens (tertiary/aromatic N) is 1. The van der Waals surface area contributed by atoms with Crippen LogP contribution in [0.2, 0.25) is 0 Å². The van der Waals surface area contributed by atoms with E-state index in [1.165, 1.54) is 25.9 Å². The van der Waals surface area contributed by atoms with E-state index in [1.807, 2.05) is 0 Å². The number of likely N-dealkylation sites (tertiary alicyclic amines) is 1. The van der Waals surface area contributed by atoms with Crippen molar-refractivity contribution < 1.29 is 0 Å². The smallest absolute Gasteiger partial charge is 0.0239 e. The lowest BCUT2D eigenvalue weighted by atomic mass is 10.0. The van der Waals surface area contributed by atoms with Crippen molar-refractivity contribution in [3.05, 3.63) is 23.3 Å². The highest BCUT2D eigenvalue weighted by molar-refractivity contribution is 5.39. The summed E-state index contributed by atoms with van der Waals surface area (Å²) in [5, 5.41) is 0. The Morgan fingerprint density at radius 1 is 1.08 bits per heavy atom. The van der Waals surface area contributed by atoms with Crippen molar-refractivity contribution in [1.29, 1.82) is 0 Å². The molecule has 0 aromatic rings. The summed E-state index contributed by atoms with van der Waals surface area (Å²) in [4.78, 5) is 2.53. The van der Waals surface area contributed by atoms with Crippen LogP contribution in [0.5, 0.6) is 0 Å². The quantitative estimate of drug-likeness (QED) is 0.573. The van der Waals surface area contributed by atoms with Gasteiger partial charge in [-0.25, -0.2) is 0 Å². The molecule has 2 rings (SSSR count). The van der Waals surface area contributed by atoms with E-state index in [1.54, 1.807) is 11.1 Å². The van der Waals surface area contributed by atoms with Crippen LogP contribution in [0.3, 0.4) is 0 Å². The van der Waals surface area contributed by atoms with Crippen LogP contribution in [0.4, 0.5) is 0 Å². The molecule has 1 fully saturated rings. The van der Waals surface area contributed by atoms with Gasteiger partial charge in [-0.05, 0) is 37.8 Å². The van der Waals surface area contributed by atoms with Gasteiger partial charge >= 0.3 is 0 Å². The Hall–Kier alpha value is -0.560. The average Bonchev–Trinajstić information content (AvgIpc) is 2.46. The lowest BCUT2D eigenvalue weighted by Gasteiger charge is -2.18. The minimum Gasteiger partial charge on any atom is -0.292 e. The van der Waals surface area contributed by atoms with Crippen molar-refractivity contribution in [1.82, 2.24) is 4.90 Å². The third-order valence-corrected chi connectivity index (χ3v) is 2.84. The van der Waals surface area contributed by atoms with Gasteiger partial charge in [0.25, 0.3) is 0 Å². The Balaban J connectivity index is 2.13. The molecule has 2 aliphatic rings. The second-order valence-electron chi connectivity index (χ2n) is 4.03. The van der Waals surface area contributed by atoms with Crippen LogP contribution in [0.1, 0.15) is 26.7 Å². The molecule has 0 aromatic heterocycles. The first-order valence-electron chi connectivity index (χ1n) is 4.90. The third-order valence-electron chi connectivity index (χ3n) is 2.84. The first kappa shape index (κ1) is 8.06. The molecule has 0 spiro atoms. The highest BCUT2D eigenvalue weighted by Crippen LogP contribution is 2.27. The Bertz CT molecular complexity index is 213. The number of allylic oxidation sites excluding steroid dienone is 2. The molecule has 0 saturated carbocycles. The van der Waals surface area contributed by atoms with Crippen molar-refractivity contribution in [2.24, 2.45) is 0 Å². The van der Waals surface area contributed by atoms with Gasteiger partial charge in [-0.15, -0.1) is 0 Å². The largest absolute Gasteiger partial charge is 0.292 e. The Kier molecular flexibility index (Phi) is 2.05. The molecule has 1 saturated heterocycles. The highest BCUT2D eigenvalue weighted by Gasteiger charge is 2.23. The molecule has 12 heavy (non-hydrogen) atoms. The fourth-order valence-corrected chi connectivity index (χ4v) is 1.97. The Morgan fingerprint density at radius 2 is 1.58 bits per heavy atom. The fraction of sp³-hybridized carbons (Fsp3) is 0.636. The second-order valence-corrected chi connectivity index (χ2v) is 4.03. The average molecular weight is 163 g/mol. The summed E-state index contributed by atoms with van der Waals surface area (Å²) in [5.41, 5.74) is 3.19. The van der Waals surface area contributed by atoms with Crippen LogP contribution in [0.25, 0.3) is 0 Å². The maximum absolute atomic E-state index is 2.53. The number of hydrogen-bond donors (Lipinski definition) is 0. The van der Waals surface area contributed by atoms with Crippen LogP contribution in [-0.2, 0) is 0 Å². The summed E-state index contributed by atoms with van der Waals surface area (Å²) in [6.45, 7) is 6.92. The van der Waals surface area contributed by atoms with E-state index in [4.69, 9.17) is 0 Å². The number of hydrogen-bond acceptors (Lipinski definition) is 1. The zero-order chi connectivity index (χ0) is 8.55. The molecule has 1 heteroatoms. The maximum Gasteiger partial charge on any atom is 0.0239 e. The monoisotopic (exact) mass is 163 g/mol. The van der Waals surface area contributed by atoms with E-state index in [0.717, 1.165) is 0 Å². The lowest BCUT2D eigenvalue weighted by Crippen LogP contribution is -2.27. The van der Waals surface area contributed by atoms with Gasteiger partial charge in [0.1, 0.15) is 0 Å². The van der Waals surface area contributed by atoms with E-state index >= 15 is 0 Å². The summed E-state index contributed by atoms with van der Waals surface area (Å²) in [6, 6.07) is 0.692. The molecule has 0 amide bonds. The zero-order valence-electron chi connectivity index (χ0n) is 8.01. The summed E-state index contributed by atoms with van der Waals surface area (Å²) in [5.74, 6) is 0. The van der Waals surface area contributed by atoms with E-state index in [-0.39, 0.29) is 0 Å². The lowest BCUT2D eigenvalue weighted by molar-refractivity contribution is 0.289. The van der Waals surface area contributed by atoms with Crippen LogP contribution in [0, 0.1) is 0 Å². The predicted molar refractivity (Wildman–Crippen MR) is 52.1 cm³/mol. The fourth-order valence-electron chi connectivity index (χ4n) is 1.97. The molecule has 0 N–H and O–H groups in total. The highest BCUT2D eigenvalue weighted by atomic mass is 15.2. The van der Waals surface area contributed by atoms with Gasteiger partial charge in [0.15, 0.2) is 0 Å². The van der Waals surface area contributed by atoms with E-state index < -0.39 is 0 Å². The minimum absolute atomic E-state index is 0.692. The zero-order valence-corrected chi connectivity index (χ0v) is 8.01. The van der Waals surface area contributed by atoms with E-state index in [2.05, 4.69) is 30.9 Å². The Labute approximate surface area is 74.8 Å². The maximum atomic E-state index is 2.53. The number of rotatable bonds is 1. The van der Waals surface area contributed by atoms with Crippen LogP contribution in [0.15, 0.2) is 23.3 Å². The molecule has 0 bridgehead atoms. The van der Waals surface area contributed by atoms with Crippen LogP contribution >= 0.6 is 0 Å². The van der Waals surface area contributed by atoms with Gasteiger partial charge in [-0.3, -0.25) is 4.90 Å².